The number of aromatic nitrogens is 2. The molecule has 0 unspecified atom stereocenters. The molecule has 0 aliphatic heterocycles. The zero-order valence-electron chi connectivity index (χ0n) is 15.7. The van der Waals surface area contributed by atoms with Crippen LogP contribution in [-0.4, -0.2) is 34.5 Å². The van der Waals surface area contributed by atoms with Gasteiger partial charge in [-0.15, -0.1) is 0 Å². The van der Waals surface area contributed by atoms with Crippen molar-refractivity contribution in [3.63, 3.8) is 0 Å². The van der Waals surface area contributed by atoms with Gasteiger partial charge in [-0.05, 0) is 55.8 Å². The van der Waals surface area contributed by atoms with E-state index in [4.69, 9.17) is 15.0 Å². The molecule has 1 aromatic heterocycles. The number of hydrogen-bond donors (Lipinski definition) is 1. The minimum Gasteiger partial charge on any atom is -0.457 e. The third kappa shape index (κ3) is 4.72. The molecule has 0 aliphatic carbocycles. The van der Waals surface area contributed by atoms with Crippen LogP contribution in [0.3, 0.4) is 0 Å². The summed E-state index contributed by atoms with van der Waals surface area (Å²) in [7, 11) is 1.53. The molecule has 0 aliphatic rings. The van der Waals surface area contributed by atoms with Crippen LogP contribution in [-0.2, 0) is 13.0 Å². The second kappa shape index (κ2) is 8.62. The second-order valence-electron chi connectivity index (χ2n) is 6.32. The van der Waals surface area contributed by atoms with Gasteiger partial charge in [-0.25, -0.2) is 4.39 Å². The summed E-state index contributed by atoms with van der Waals surface area (Å²) >= 11 is 0. The Balaban J connectivity index is 1.73. The lowest BCUT2D eigenvalue weighted by Crippen LogP contribution is -2.27. The zero-order valence-corrected chi connectivity index (χ0v) is 15.7. The minimum absolute atomic E-state index is 0.0762. The monoisotopic (exact) mass is 384 g/mol. The summed E-state index contributed by atoms with van der Waals surface area (Å²) in [6.07, 6.45) is 0.779. The molecule has 0 fully saturated rings. The fraction of sp³-hybridized carbons (Fsp3) is 0.250. The van der Waals surface area contributed by atoms with E-state index >= 15 is 0 Å². The van der Waals surface area contributed by atoms with Gasteiger partial charge in [-0.2, -0.15) is 4.98 Å². The Labute approximate surface area is 161 Å². The lowest BCUT2D eigenvalue weighted by molar-refractivity contribution is 0.0764. The number of carbonyl (C=O) groups excluding carboxylic acids is 1. The molecule has 0 bridgehead atoms. The summed E-state index contributed by atoms with van der Waals surface area (Å²) in [6.45, 7) is 2.32. The van der Waals surface area contributed by atoms with Crippen molar-refractivity contribution in [1.29, 1.82) is 0 Å². The van der Waals surface area contributed by atoms with Gasteiger partial charge < -0.3 is 19.9 Å². The molecule has 1 heterocycles. The Morgan fingerprint density at radius 1 is 1.21 bits per heavy atom. The number of aryl methyl sites for hydroxylation is 1. The van der Waals surface area contributed by atoms with Crippen LogP contribution in [0.4, 0.5) is 4.39 Å². The van der Waals surface area contributed by atoms with E-state index in [1.807, 2.05) is 12.1 Å². The topological polar surface area (TPSA) is 94.5 Å². The zero-order chi connectivity index (χ0) is 20.1. The summed E-state index contributed by atoms with van der Waals surface area (Å²) in [5, 5.41) is 3.67. The number of amides is 1. The number of rotatable bonds is 7. The summed E-state index contributed by atoms with van der Waals surface area (Å²) < 4.78 is 25.0. The van der Waals surface area contributed by atoms with Gasteiger partial charge in [0.25, 0.3) is 5.91 Å². The molecule has 146 valence electrons. The average molecular weight is 384 g/mol. The van der Waals surface area contributed by atoms with Crippen LogP contribution < -0.4 is 10.5 Å². The van der Waals surface area contributed by atoms with Crippen molar-refractivity contribution in [3.8, 4) is 11.5 Å². The highest BCUT2D eigenvalue weighted by Crippen LogP contribution is 2.25. The molecule has 2 aromatic carbocycles. The van der Waals surface area contributed by atoms with Gasteiger partial charge in [0.2, 0.25) is 5.89 Å². The Morgan fingerprint density at radius 3 is 2.57 bits per heavy atom. The van der Waals surface area contributed by atoms with E-state index in [1.165, 1.54) is 30.1 Å². The molecule has 0 radical (unpaired) electrons. The molecule has 7 nitrogen and oxygen atoms in total. The normalized spacial score (nSPS) is 10.7. The first-order valence-corrected chi connectivity index (χ1v) is 8.77. The first-order valence-electron chi connectivity index (χ1n) is 8.77. The van der Waals surface area contributed by atoms with Crippen molar-refractivity contribution in [2.75, 3.05) is 13.6 Å². The first-order chi connectivity index (χ1) is 13.5. The van der Waals surface area contributed by atoms with Crippen LogP contribution >= 0.6 is 0 Å². The molecule has 28 heavy (non-hydrogen) atoms. The van der Waals surface area contributed by atoms with E-state index in [0.717, 1.165) is 12.0 Å². The number of halogens is 1. The Morgan fingerprint density at radius 2 is 1.93 bits per heavy atom. The molecule has 1 amide bonds. The van der Waals surface area contributed by atoms with Gasteiger partial charge in [0, 0.05) is 7.05 Å². The Kier molecular flexibility index (Phi) is 6.00. The van der Waals surface area contributed by atoms with Gasteiger partial charge >= 0.3 is 0 Å². The lowest BCUT2D eigenvalue weighted by atomic mass is 10.1. The van der Waals surface area contributed by atoms with Crippen molar-refractivity contribution in [1.82, 2.24) is 15.0 Å². The number of benzene rings is 2. The highest BCUT2D eigenvalue weighted by molar-refractivity contribution is 5.94. The Bertz CT molecular complexity index is 956. The summed E-state index contributed by atoms with van der Waals surface area (Å²) in [4.78, 5) is 18.0. The smallest absolute Gasteiger partial charge is 0.257 e. The van der Waals surface area contributed by atoms with Gasteiger partial charge in [-0.1, -0.05) is 17.3 Å². The highest BCUT2D eigenvalue weighted by atomic mass is 19.1. The predicted molar refractivity (Wildman–Crippen MR) is 101 cm³/mol. The average Bonchev–Trinajstić information content (AvgIpc) is 3.09. The summed E-state index contributed by atoms with van der Waals surface area (Å²) in [5.41, 5.74) is 6.54. The number of ether oxygens (including phenoxy) is 1. The second-order valence-corrected chi connectivity index (χ2v) is 6.32. The molecule has 3 rings (SSSR count). The third-order valence-electron chi connectivity index (χ3n) is 4.05. The van der Waals surface area contributed by atoms with Gasteiger partial charge in [0.15, 0.2) is 5.82 Å². The van der Waals surface area contributed by atoms with Crippen LogP contribution in [0, 0.1) is 12.7 Å². The van der Waals surface area contributed by atoms with Crippen LogP contribution in [0.1, 0.15) is 27.6 Å². The molecule has 0 spiro atoms. The first kappa shape index (κ1) is 19.5. The van der Waals surface area contributed by atoms with Crippen molar-refractivity contribution >= 4 is 5.91 Å². The Hall–Kier alpha value is -3.26. The number of nitrogens with zero attached hydrogens (tertiary/aromatic N) is 3. The fourth-order valence-corrected chi connectivity index (χ4v) is 2.64. The van der Waals surface area contributed by atoms with E-state index in [0.29, 0.717) is 23.9 Å². The molecule has 0 saturated carbocycles. The maximum Gasteiger partial charge on any atom is 0.257 e. The summed E-state index contributed by atoms with van der Waals surface area (Å²) in [6, 6.07) is 11.5. The lowest BCUT2D eigenvalue weighted by Gasteiger charge is -2.16. The van der Waals surface area contributed by atoms with Gasteiger partial charge in [-0.3, -0.25) is 4.79 Å². The quantitative estimate of drug-likeness (QED) is 0.673. The van der Waals surface area contributed by atoms with Crippen LogP contribution in [0.2, 0.25) is 0 Å². The number of nitrogens with two attached hydrogens (primary N) is 1. The number of hydrogen-bond acceptors (Lipinski definition) is 6. The van der Waals surface area contributed by atoms with E-state index in [-0.39, 0.29) is 18.0 Å². The van der Waals surface area contributed by atoms with Crippen LogP contribution in [0.15, 0.2) is 47.0 Å². The number of carbonyl (C=O) groups is 1. The molecule has 8 heteroatoms. The fourth-order valence-electron chi connectivity index (χ4n) is 2.64. The van der Waals surface area contributed by atoms with Crippen LogP contribution in [0.25, 0.3) is 0 Å². The van der Waals surface area contributed by atoms with E-state index in [9.17, 15) is 9.18 Å². The van der Waals surface area contributed by atoms with Gasteiger partial charge in [0.1, 0.15) is 17.3 Å². The molecular weight excluding hydrogens is 363 g/mol. The van der Waals surface area contributed by atoms with Gasteiger partial charge in [0.05, 0.1) is 12.1 Å². The largest absolute Gasteiger partial charge is 0.457 e. The maximum absolute atomic E-state index is 14.2. The molecule has 3 aromatic rings. The third-order valence-corrected chi connectivity index (χ3v) is 4.05. The van der Waals surface area contributed by atoms with Crippen LogP contribution in [0.5, 0.6) is 11.5 Å². The molecule has 2 N–H and O–H groups in total. The summed E-state index contributed by atoms with van der Waals surface area (Å²) in [5.74, 6) is 0.536. The van der Waals surface area contributed by atoms with Crippen molar-refractivity contribution in [2.45, 2.75) is 19.9 Å². The maximum atomic E-state index is 14.2. The van der Waals surface area contributed by atoms with Crippen molar-refractivity contribution < 1.29 is 18.4 Å². The predicted octanol–water partition coefficient (Wildman–Crippen LogP) is 3.08. The highest BCUT2D eigenvalue weighted by Gasteiger charge is 2.19. The standard InChI is InChI=1S/C20H21FN4O3/c1-13-23-19(28-24-13)12-25(2)20(26)17-11-16(7-8-18(17)21)27-15-5-3-14(4-6-15)9-10-22/h3-8,11H,9-10,12,22H2,1-2H3. The van der Waals surface area contributed by atoms with Crippen molar-refractivity contribution in [2.24, 2.45) is 5.73 Å². The molecule has 0 saturated heterocycles. The molecule has 0 atom stereocenters. The van der Waals surface area contributed by atoms with E-state index < -0.39 is 11.7 Å². The van der Waals surface area contributed by atoms with E-state index in [2.05, 4.69) is 10.1 Å². The van der Waals surface area contributed by atoms with Crippen molar-refractivity contribution in [3.05, 3.63) is 71.1 Å². The SMILES string of the molecule is Cc1noc(CN(C)C(=O)c2cc(Oc3ccc(CCN)cc3)ccc2F)n1. The van der Waals surface area contributed by atoms with E-state index in [1.54, 1.807) is 19.1 Å². The molecular formula is C20H21FN4O3. The minimum atomic E-state index is -0.635.